The molecule has 1 heterocycles. The average Bonchev–Trinajstić information content (AvgIpc) is 2.78. The number of nitrogens with one attached hydrogen (secondary N) is 1. The smallest absolute Gasteiger partial charge is 0.142 e. The molecule has 1 N–H and O–H groups in total. The van der Waals surface area contributed by atoms with Gasteiger partial charge in [0.05, 0.1) is 11.2 Å². The Balaban J connectivity index is 1.88. The van der Waals surface area contributed by atoms with Gasteiger partial charge in [0.1, 0.15) is 5.50 Å². The molecule has 0 aliphatic carbocycles. The quantitative estimate of drug-likeness (QED) is 0.632. The van der Waals surface area contributed by atoms with Crippen molar-refractivity contribution in [1.29, 1.82) is 0 Å². The van der Waals surface area contributed by atoms with Gasteiger partial charge in [0.2, 0.25) is 0 Å². The van der Waals surface area contributed by atoms with Crippen LogP contribution in [0, 0.1) is 0 Å². The van der Waals surface area contributed by atoms with E-state index in [1.807, 2.05) is 18.2 Å². The maximum Gasteiger partial charge on any atom is 0.142 e. The van der Waals surface area contributed by atoms with Crippen molar-refractivity contribution in [3.8, 4) is 0 Å². The predicted octanol–water partition coefficient (Wildman–Crippen LogP) is 4.61. The summed E-state index contributed by atoms with van der Waals surface area (Å²) in [6.07, 6.45) is 1.09. The molecule has 0 bridgehead atoms. The molecule has 0 spiro atoms. The van der Waals surface area contributed by atoms with Crippen LogP contribution in [0.25, 0.3) is 0 Å². The molecule has 2 aromatic rings. The Morgan fingerprint density at radius 1 is 1.04 bits per heavy atom. The summed E-state index contributed by atoms with van der Waals surface area (Å²) < 4.78 is 0. The molecule has 0 radical (unpaired) electrons. The van der Waals surface area contributed by atoms with Gasteiger partial charge in [-0.1, -0.05) is 36.4 Å². The second-order valence-electron chi connectivity index (χ2n) is 6.78. The van der Waals surface area contributed by atoms with Crippen LogP contribution in [0.4, 0.5) is 11.4 Å². The van der Waals surface area contributed by atoms with Gasteiger partial charge in [-0.3, -0.25) is 5.01 Å². The molecule has 1 fully saturated rings. The standard InChI is InChI=1S/C19H25N3S/c1-15-14-19(2,3)22(17-12-8-5-9-13-17)21(15)18(23)20-16-10-6-4-7-11-16/h4-13,15,18,20,23H,14H2,1-3H3/t15-,18?/m0/s1. The van der Waals surface area contributed by atoms with Crippen LogP contribution in [0.5, 0.6) is 0 Å². The molecule has 23 heavy (non-hydrogen) atoms. The van der Waals surface area contributed by atoms with Gasteiger partial charge in [0, 0.05) is 11.7 Å². The number of benzene rings is 2. The van der Waals surface area contributed by atoms with Crippen molar-refractivity contribution < 1.29 is 0 Å². The zero-order valence-electron chi connectivity index (χ0n) is 14.0. The first-order valence-electron chi connectivity index (χ1n) is 8.12. The van der Waals surface area contributed by atoms with Crippen molar-refractivity contribution in [3.63, 3.8) is 0 Å². The number of nitrogens with zero attached hydrogens (tertiary/aromatic N) is 2. The molecule has 0 saturated carbocycles. The summed E-state index contributed by atoms with van der Waals surface area (Å²) in [6.45, 7) is 6.85. The lowest BCUT2D eigenvalue weighted by Crippen LogP contribution is -2.53. The Morgan fingerprint density at radius 2 is 1.61 bits per heavy atom. The molecular weight excluding hydrogens is 302 g/mol. The zero-order chi connectivity index (χ0) is 16.4. The third-order valence-electron chi connectivity index (χ3n) is 4.37. The van der Waals surface area contributed by atoms with Gasteiger partial charge < -0.3 is 5.32 Å². The minimum absolute atomic E-state index is 0.0557. The van der Waals surface area contributed by atoms with Gasteiger partial charge in [-0.25, -0.2) is 0 Å². The van der Waals surface area contributed by atoms with Crippen LogP contribution in [0.3, 0.4) is 0 Å². The molecule has 0 amide bonds. The van der Waals surface area contributed by atoms with Crippen molar-refractivity contribution in [1.82, 2.24) is 5.01 Å². The highest BCUT2D eigenvalue weighted by Crippen LogP contribution is 2.39. The zero-order valence-corrected chi connectivity index (χ0v) is 14.9. The minimum atomic E-state index is -0.0885. The lowest BCUT2D eigenvalue weighted by molar-refractivity contribution is 0.232. The summed E-state index contributed by atoms with van der Waals surface area (Å²) in [5, 5.41) is 8.22. The third-order valence-corrected chi connectivity index (χ3v) is 4.74. The van der Waals surface area contributed by atoms with E-state index in [1.54, 1.807) is 0 Å². The molecule has 1 unspecified atom stereocenters. The monoisotopic (exact) mass is 327 g/mol. The van der Waals surface area contributed by atoms with Crippen LogP contribution in [0.15, 0.2) is 60.7 Å². The highest BCUT2D eigenvalue weighted by Gasteiger charge is 2.45. The van der Waals surface area contributed by atoms with Gasteiger partial charge in [-0.2, -0.15) is 5.01 Å². The van der Waals surface area contributed by atoms with Crippen molar-refractivity contribution >= 4 is 24.0 Å². The summed E-state index contributed by atoms with van der Waals surface area (Å²) >= 11 is 4.86. The Labute approximate surface area is 144 Å². The predicted molar refractivity (Wildman–Crippen MR) is 102 cm³/mol. The van der Waals surface area contributed by atoms with E-state index in [0.29, 0.717) is 6.04 Å². The Kier molecular flexibility index (Phi) is 4.55. The van der Waals surface area contributed by atoms with E-state index >= 15 is 0 Å². The molecule has 3 rings (SSSR count). The number of anilines is 2. The van der Waals surface area contributed by atoms with Gasteiger partial charge >= 0.3 is 0 Å². The Bertz CT molecular complexity index is 630. The number of hydrazine groups is 1. The van der Waals surface area contributed by atoms with E-state index in [0.717, 1.165) is 12.1 Å². The maximum absolute atomic E-state index is 4.86. The summed E-state index contributed by atoms with van der Waals surface area (Å²) in [5.74, 6) is 0. The maximum atomic E-state index is 4.86. The Morgan fingerprint density at radius 3 is 2.22 bits per heavy atom. The second-order valence-corrected chi connectivity index (χ2v) is 7.27. The van der Waals surface area contributed by atoms with Crippen molar-refractivity contribution in [2.24, 2.45) is 0 Å². The van der Waals surface area contributed by atoms with Crippen LogP contribution in [0.2, 0.25) is 0 Å². The van der Waals surface area contributed by atoms with Crippen LogP contribution >= 0.6 is 12.6 Å². The number of hydrogen-bond acceptors (Lipinski definition) is 4. The second kappa shape index (κ2) is 6.46. The molecule has 1 aliphatic rings. The topological polar surface area (TPSA) is 18.5 Å². The summed E-state index contributed by atoms with van der Waals surface area (Å²) in [5.41, 5.74) is 2.25. The van der Waals surface area contributed by atoms with Crippen molar-refractivity contribution in [2.45, 2.75) is 44.3 Å². The lowest BCUT2D eigenvalue weighted by atomic mass is 9.98. The molecule has 1 aliphatic heterocycles. The number of rotatable bonds is 4. The first-order chi connectivity index (χ1) is 11.0. The van der Waals surface area contributed by atoms with E-state index < -0.39 is 0 Å². The molecular formula is C19H25N3S. The summed E-state index contributed by atoms with van der Waals surface area (Å²) in [4.78, 5) is 0. The largest absolute Gasteiger partial charge is 0.360 e. The van der Waals surface area contributed by atoms with E-state index in [2.05, 4.69) is 78.6 Å². The van der Waals surface area contributed by atoms with Gasteiger partial charge in [-0.15, -0.1) is 12.6 Å². The van der Waals surface area contributed by atoms with E-state index in [-0.39, 0.29) is 11.0 Å². The molecule has 3 nitrogen and oxygen atoms in total. The van der Waals surface area contributed by atoms with Crippen molar-refractivity contribution in [3.05, 3.63) is 60.7 Å². The number of para-hydroxylation sites is 2. The average molecular weight is 327 g/mol. The summed E-state index contributed by atoms with van der Waals surface area (Å²) in [7, 11) is 0. The minimum Gasteiger partial charge on any atom is -0.360 e. The number of thiol groups is 1. The third kappa shape index (κ3) is 3.33. The molecule has 122 valence electrons. The highest BCUT2D eigenvalue weighted by atomic mass is 32.1. The fourth-order valence-electron chi connectivity index (χ4n) is 3.56. The van der Waals surface area contributed by atoms with Gasteiger partial charge in [0.15, 0.2) is 0 Å². The van der Waals surface area contributed by atoms with Crippen molar-refractivity contribution in [2.75, 3.05) is 10.3 Å². The Hall–Kier alpha value is -1.65. The molecule has 2 aromatic carbocycles. The fraction of sp³-hybridized carbons (Fsp3) is 0.368. The SMILES string of the molecule is C[C@H]1CC(C)(C)N(c2ccccc2)N1C(S)Nc1ccccc1. The van der Waals surface area contributed by atoms with Gasteiger partial charge in [0.25, 0.3) is 0 Å². The van der Waals surface area contributed by atoms with Gasteiger partial charge in [-0.05, 0) is 51.5 Å². The van der Waals surface area contributed by atoms with E-state index in [4.69, 9.17) is 12.6 Å². The molecule has 0 aromatic heterocycles. The first-order valence-corrected chi connectivity index (χ1v) is 8.64. The van der Waals surface area contributed by atoms with Crippen LogP contribution in [-0.4, -0.2) is 22.1 Å². The van der Waals surface area contributed by atoms with E-state index in [9.17, 15) is 0 Å². The first kappa shape index (κ1) is 16.2. The highest BCUT2D eigenvalue weighted by molar-refractivity contribution is 7.81. The molecule has 4 heteroatoms. The lowest BCUT2D eigenvalue weighted by Gasteiger charge is -2.42. The molecule has 2 atom stereocenters. The molecule has 1 saturated heterocycles. The number of hydrogen-bond donors (Lipinski definition) is 2. The van der Waals surface area contributed by atoms with Crippen LogP contribution in [0.1, 0.15) is 27.2 Å². The van der Waals surface area contributed by atoms with Crippen LogP contribution < -0.4 is 10.3 Å². The normalized spacial score (nSPS) is 22.1. The summed E-state index contributed by atoms with van der Waals surface area (Å²) in [6, 6.07) is 21.2. The van der Waals surface area contributed by atoms with Crippen LogP contribution in [-0.2, 0) is 0 Å². The fourth-order valence-corrected chi connectivity index (χ4v) is 4.04. The van der Waals surface area contributed by atoms with E-state index in [1.165, 1.54) is 5.69 Å².